The van der Waals surface area contributed by atoms with Crippen molar-refractivity contribution in [1.82, 2.24) is 0 Å². The Labute approximate surface area is 114 Å². The SMILES string of the molecule is CC1(C)CCC(N)(Cc2cccc([N+](=O)[O-])c2)CC1. The summed E-state index contributed by atoms with van der Waals surface area (Å²) >= 11 is 0. The molecule has 0 amide bonds. The van der Waals surface area contributed by atoms with Gasteiger partial charge >= 0.3 is 0 Å². The Morgan fingerprint density at radius 3 is 2.47 bits per heavy atom. The van der Waals surface area contributed by atoms with Crippen molar-refractivity contribution in [2.45, 2.75) is 51.5 Å². The zero-order valence-electron chi connectivity index (χ0n) is 11.7. The highest BCUT2D eigenvalue weighted by Gasteiger charge is 2.35. The van der Waals surface area contributed by atoms with E-state index < -0.39 is 0 Å². The first-order valence-electron chi connectivity index (χ1n) is 6.82. The van der Waals surface area contributed by atoms with Crippen LogP contribution in [0.3, 0.4) is 0 Å². The molecule has 0 heterocycles. The number of non-ortho nitro benzene ring substituents is 1. The Morgan fingerprint density at radius 1 is 1.26 bits per heavy atom. The van der Waals surface area contributed by atoms with Crippen molar-refractivity contribution in [3.05, 3.63) is 39.9 Å². The lowest BCUT2D eigenvalue weighted by Crippen LogP contribution is -2.46. The number of nitrogens with zero attached hydrogens (tertiary/aromatic N) is 1. The second kappa shape index (κ2) is 4.93. The van der Waals surface area contributed by atoms with Crippen LogP contribution >= 0.6 is 0 Å². The third kappa shape index (κ3) is 3.53. The molecule has 0 aliphatic heterocycles. The van der Waals surface area contributed by atoms with E-state index >= 15 is 0 Å². The molecule has 0 spiro atoms. The molecule has 0 bridgehead atoms. The highest BCUT2D eigenvalue weighted by atomic mass is 16.6. The third-order valence-electron chi connectivity index (χ3n) is 4.28. The summed E-state index contributed by atoms with van der Waals surface area (Å²) in [7, 11) is 0. The lowest BCUT2D eigenvalue weighted by Gasteiger charge is -2.41. The monoisotopic (exact) mass is 262 g/mol. The van der Waals surface area contributed by atoms with Gasteiger partial charge in [0.05, 0.1) is 4.92 Å². The summed E-state index contributed by atoms with van der Waals surface area (Å²) in [5, 5.41) is 10.8. The Balaban J connectivity index is 2.09. The van der Waals surface area contributed by atoms with E-state index in [-0.39, 0.29) is 16.1 Å². The molecule has 0 aromatic heterocycles. The Hall–Kier alpha value is -1.42. The van der Waals surface area contributed by atoms with Gasteiger partial charge < -0.3 is 5.73 Å². The predicted octanol–water partition coefficient (Wildman–Crippen LogP) is 3.44. The number of rotatable bonds is 3. The van der Waals surface area contributed by atoms with Crippen molar-refractivity contribution in [3.63, 3.8) is 0 Å². The van der Waals surface area contributed by atoms with Gasteiger partial charge in [-0.3, -0.25) is 10.1 Å². The van der Waals surface area contributed by atoms with Crippen molar-refractivity contribution in [1.29, 1.82) is 0 Å². The van der Waals surface area contributed by atoms with E-state index in [1.165, 1.54) is 6.07 Å². The third-order valence-corrected chi connectivity index (χ3v) is 4.28. The fraction of sp³-hybridized carbons (Fsp3) is 0.600. The fourth-order valence-corrected chi connectivity index (χ4v) is 2.79. The minimum absolute atomic E-state index is 0.150. The normalized spacial score (nSPS) is 21.0. The van der Waals surface area contributed by atoms with Gasteiger partial charge in [0.25, 0.3) is 5.69 Å². The van der Waals surface area contributed by atoms with E-state index in [4.69, 9.17) is 5.73 Å². The number of nitrogens with two attached hydrogens (primary N) is 1. The van der Waals surface area contributed by atoms with Crippen LogP contribution in [0, 0.1) is 15.5 Å². The highest BCUT2D eigenvalue weighted by molar-refractivity contribution is 5.35. The van der Waals surface area contributed by atoms with Crippen LogP contribution in [0.4, 0.5) is 5.69 Å². The second-order valence-electron chi connectivity index (χ2n) is 6.63. The molecule has 0 radical (unpaired) electrons. The van der Waals surface area contributed by atoms with E-state index in [1.807, 2.05) is 6.07 Å². The molecule has 0 atom stereocenters. The average molecular weight is 262 g/mol. The van der Waals surface area contributed by atoms with E-state index in [2.05, 4.69) is 13.8 Å². The number of hydrogen-bond donors (Lipinski definition) is 1. The first-order chi connectivity index (χ1) is 8.80. The standard InChI is InChI=1S/C15H22N2O2/c1-14(2)6-8-15(16,9-7-14)11-12-4-3-5-13(10-12)17(18)19/h3-5,10H,6-9,11,16H2,1-2H3. The summed E-state index contributed by atoms with van der Waals surface area (Å²) in [6.07, 6.45) is 4.95. The van der Waals surface area contributed by atoms with E-state index in [0.29, 0.717) is 5.41 Å². The molecule has 1 fully saturated rings. The van der Waals surface area contributed by atoms with Gasteiger partial charge in [0.1, 0.15) is 0 Å². The molecule has 1 aromatic carbocycles. The van der Waals surface area contributed by atoms with Crippen molar-refractivity contribution in [3.8, 4) is 0 Å². The first-order valence-corrected chi connectivity index (χ1v) is 6.82. The molecule has 1 aliphatic rings. The molecule has 1 saturated carbocycles. The molecule has 4 nitrogen and oxygen atoms in total. The van der Waals surface area contributed by atoms with Gasteiger partial charge in [0.15, 0.2) is 0 Å². The van der Waals surface area contributed by atoms with Crippen LogP contribution in [0.2, 0.25) is 0 Å². The van der Waals surface area contributed by atoms with Crippen molar-refractivity contribution < 1.29 is 4.92 Å². The molecule has 4 heteroatoms. The van der Waals surface area contributed by atoms with Gasteiger partial charge in [0, 0.05) is 17.7 Å². The summed E-state index contributed by atoms with van der Waals surface area (Å²) in [5.74, 6) is 0. The fourth-order valence-electron chi connectivity index (χ4n) is 2.79. The lowest BCUT2D eigenvalue weighted by molar-refractivity contribution is -0.384. The summed E-state index contributed by atoms with van der Waals surface area (Å²) in [5.41, 5.74) is 7.76. The van der Waals surface area contributed by atoms with Crippen LogP contribution < -0.4 is 5.73 Å². The van der Waals surface area contributed by atoms with Crippen LogP contribution in [0.15, 0.2) is 24.3 Å². The smallest absolute Gasteiger partial charge is 0.269 e. The first kappa shape index (κ1) is 14.0. The molecular formula is C15H22N2O2. The molecular weight excluding hydrogens is 240 g/mol. The maximum absolute atomic E-state index is 10.8. The van der Waals surface area contributed by atoms with Crippen LogP contribution in [-0.2, 0) is 6.42 Å². The quantitative estimate of drug-likeness (QED) is 0.670. The van der Waals surface area contributed by atoms with Crippen molar-refractivity contribution in [2.24, 2.45) is 11.1 Å². The summed E-state index contributed by atoms with van der Waals surface area (Å²) < 4.78 is 0. The summed E-state index contributed by atoms with van der Waals surface area (Å²) in [6.45, 7) is 4.56. The molecule has 19 heavy (non-hydrogen) atoms. The number of nitro groups is 1. The van der Waals surface area contributed by atoms with Gasteiger partial charge in [-0.25, -0.2) is 0 Å². The van der Waals surface area contributed by atoms with Gasteiger partial charge in [-0.1, -0.05) is 26.0 Å². The molecule has 104 valence electrons. The summed E-state index contributed by atoms with van der Waals surface area (Å²) in [6, 6.07) is 6.84. The van der Waals surface area contributed by atoms with Crippen LogP contribution in [0.1, 0.15) is 45.1 Å². The van der Waals surface area contributed by atoms with Crippen LogP contribution in [-0.4, -0.2) is 10.5 Å². The molecule has 2 N–H and O–H groups in total. The number of benzene rings is 1. The number of hydrogen-bond acceptors (Lipinski definition) is 3. The Bertz CT molecular complexity index is 473. The predicted molar refractivity (Wildman–Crippen MR) is 76.0 cm³/mol. The largest absolute Gasteiger partial charge is 0.325 e. The minimum atomic E-state index is -0.351. The minimum Gasteiger partial charge on any atom is -0.325 e. The van der Waals surface area contributed by atoms with Crippen LogP contribution in [0.5, 0.6) is 0 Å². The zero-order chi connectivity index (χ0) is 14.1. The van der Waals surface area contributed by atoms with Crippen molar-refractivity contribution in [2.75, 3.05) is 0 Å². The zero-order valence-corrected chi connectivity index (χ0v) is 11.7. The van der Waals surface area contributed by atoms with Crippen molar-refractivity contribution >= 4 is 5.69 Å². The Kier molecular flexibility index (Phi) is 3.63. The maximum atomic E-state index is 10.8. The lowest BCUT2D eigenvalue weighted by atomic mass is 9.68. The maximum Gasteiger partial charge on any atom is 0.269 e. The van der Waals surface area contributed by atoms with E-state index in [0.717, 1.165) is 37.7 Å². The number of nitro benzene ring substituents is 1. The van der Waals surface area contributed by atoms with Gasteiger partial charge in [-0.15, -0.1) is 0 Å². The van der Waals surface area contributed by atoms with Gasteiger partial charge in [0.2, 0.25) is 0 Å². The second-order valence-corrected chi connectivity index (χ2v) is 6.63. The summed E-state index contributed by atoms with van der Waals surface area (Å²) in [4.78, 5) is 10.4. The molecule has 0 saturated heterocycles. The molecule has 1 aliphatic carbocycles. The Morgan fingerprint density at radius 2 is 1.89 bits per heavy atom. The van der Waals surface area contributed by atoms with Gasteiger partial charge in [-0.2, -0.15) is 0 Å². The van der Waals surface area contributed by atoms with E-state index in [1.54, 1.807) is 12.1 Å². The molecule has 0 unspecified atom stereocenters. The van der Waals surface area contributed by atoms with E-state index in [9.17, 15) is 10.1 Å². The van der Waals surface area contributed by atoms with Gasteiger partial charge in [-0.05, 0) is 43.1 Å². The topological polar surface area (TPSA) is 69.2 Å². The highest BCUT2D eigenvalue weighted by Crippen LogP contribution is 2.40. The average Bonchev–Trinajstić information content (AvgIpc) is 2.34. The molecule has 2 rings (SSSR count). The molecule has 1 aromatic rings. The van der Waals surface area contributed by atoms with Crippen LogP contribution in [0.25, 0.3) is 0 Å².